The van der Waals surface area contributed by atoms with Gasteiger partial charge in [-0.1, -0.05) is 0 Å². The molecular weight excluding hydrogens is 443 g/mol. The van der Waals surface area contributed by atoms with Crippen LogP contribution in [0.3, 0.4) is 0 Å². The lowest BCUT2D eigenvalue weighted by Gasteiger charge is -2.43. The number of ether oxygens (including phenoxy) is 2. The van der Waals surface area contributed by atoms with Gasteiger partial charge in [-0.05, 0) is 41.8 Å². The summed E-state index contributed by atoms with van der Waals surface area (Å²) in [4.78, 5) is 8.04. The van der Waals surface area contributed by atoms with Crippen molar-refractivity contribution in [3.05, 3.63) is 12.1 Å². The van der Waals surface area contributed by atoms with Crippen molar-refractivity contribution in [1.29, 1.82) is 0 Å². The highest BCUT2D eigenvalue weighted by Crippen LogP contribution is 2.36. The molecule has 7 nitrogen and oxygen atoms in total. The van der Waals surface area contributed by atoms with Crippen molar-refractivity contribution in [3.63, 3.8) is 0 Å². The molecule has 0 amide bonds. The summed E-state index contributed by atoms with van der Waals surface area (Å²) in [6.07, 6.45) is -4.39. The first-order valence-corrected chi connectivity index (χ1v) is 11.6. The zero-order chi connectivity index (χ0) is 23.7. The molecule has 3 rings (SSSR count). The number of nitrogens with zero attached hydrogens (tertiary/aromatic N) is 5. The van der Waals surface area contributed by atoms with Crippen LogP contribution in [0.1, 0.15) is 27.7 Å². The molecule has 2 atom stereocenters. The Hall–Kier alpha value is -1.43. The van der Waals surface area contributed by atoms with Gasteiger partial charge in [-0.15, -0.1) is 0 Å². The molecule has 2 aliphatic rings. The smallest absolute Gasteiger partial charge is 0.410 e. The Morgan fingerprint density at radius 1 is 1.12 bits per heavy atom. The van der Waals surface area contributed by atoms with Crippen molar-refractivity contribution in [2.24, 2.45) is 0 Å². The first kappa shape index (κ1) is 25.2. The number of rotatable bonds is 5. The molecule has 0 aliphatic carbocycles. The van der Waals surface area contributed by atoms with E-state index in [9.17, 15) is 13.2 Å². The monoisotopic (exact) mass is 477 g/mol. The largest absolute Gasteiger partial charge is 0.472 e. The molecule has 0 saturated carbocycles. The predicted molar refractivity (Wildman–Crippen MR) is 122 cm³/mol. The third-order valence-corrected chi connectivity index (χ3v) is 6.07. The van der Waals surface area contributed by atoms with Crippen LogP contribution in [-0.4, -0.2) is 90.9 Å². The number of hydrogen-bond donors (Lipinski definition) is 0. The summed E-state index contributed by atoms with van der Waals surface area (Å²) in [6, 6.07) is 2.02. The number of piperazine rings is 1. The van der Waals surface area contributed by atoms with E-state index in [1.165, 1.54) is 17.0 Å². The van der Waals surface area contributed by atoms with Gasteiger partial charge in [0.15, 0.2) is 0 Å². The average molecular weight is 478 g/mol. The molecule has 0 N–H and O–H groups in total. The Balaban J connectivity index is 1.98. The number of aromatic nitrogens is 1. The molecule has 1 aromatic rings. The van der Waals surface area contributed by atoms with E-state index in [0.717, 1.165) is 5.69 Å². The highest BCUT2D eigenvalue weighted by molar-refractivity contribution is 7.94. The summed E-state index contributed by atoms with van der Waals surface area (Å²) in [6.45, 7) is 10.1. The van der Waals surface area contributed by atoms with E-state index in [-0.39, 0.29) is 24.9 Å². The quantitative estimate of drug-likeness (QED) is 0.596. The number of anilines is 2. The second-order valence-corrected chi connectivity index (χ2v) is 10.8. The van der Waals surface area contributed by atoms with E-state index in [1.807, 2.05) is 47.9 Å². The molecule has 182 valence electrons. The molecule has 2 aliphatic heterocycles. The Morgan fingerprint density at radius 3 is 2.44 bits per heavy atom. The number of hydrogen-bond acceptors (Lipinski definition) is 8. The normalized spacial score (nSPS) is 23.7. The van der Waals surface area contributed by atoms with Crippen LogP contribution in [0, 0.1) is 0 Å². The van der Waals surface area contributed by atoms with Crippen LogP contribution in [0.5, 0.6) is 5.88 Å². The number of pyridine rings is 1. The van der Waals surface area contributed by atoms with Gasteiger partial charge >= 0.3 is 6.18 Å². The summed E-state index contributed by atoms with van der Waals surface area (Å²) in [5, 5.41) is 0. The first-order chi connectivity index (χ1) is 14.8. The zero-order valence-corrected chi connectivity index (χ0v) is 20.5. The van der Waals surface area contributed by atoms with Crippen LogP contribution in [-0.2, 0) is 4.74 Å². The minimum atomic E-state index is -4.39. The van der Waals surface area contributed by atoms with Gasteiger partial charge in [0.05, 0.1) is 13.2 Å². The molecule has 1 aromatic heterocycles. The second-order valence-electron chi connectivity index (χ2n) is 9.39. The Kier molecular flexibility index (Phi) is 7.73. The van der Waals surface area contributed by atoms with Crippen molar-refractivity contribution in [1.82, 2.24) is 13.6 Å². The van der Waals surface area contributed by atoms with E-state index in [1.54, 1.807) is 14.7 Å². The van der Waals surface area contributed by atoms with Crippen molar-refractivity contribution < 1.29 is 22.6 Å². The summed E-state index contributed by atoms with van der Waals surface area (Å²) in [5.41, 5.74) is 0.278. The predicted octanol–water partition coefficient (Wildman–Crippen LogP) is 3.66. The fourth-order valence-electron chi connectivity index (χ4n) is 3.88. The zero-order valence-electron chi connectivity index (χ0n) is 19.6. The molecule has 32 heavy (non-hydrogen) atoms. The second kappa shape index (κ2) is 9.82. The fourth-order valence-corrected chi connectivity index (χ4v) is 4.72. The maximum atomic E-state index is 14.1. The lowest BCUT2D eigenvalue weighted by atomic mass is 10.1. The highest BCUT2D eigenvalue weighted by atomic mass is 32.2. The molecule has 0 radical (unpaired) electrons. The van der Waals surface area contributed by atoms with E-state index >= 15 is 0 Å². The van der Waals surface area contributed by atoms with E-state index in [4.69, 9.17) is 9.47 Å². The summed E-state index contributed by atoms with van der Waals surface area (Å²) < 4.78 is 57.4. The minimum absolute atomic E-state index is 0.105. The molecule has 2 unspecified atom stereocenters. The molecule has 0 bridgehead atoms. The van der Waals surface area contributed by atoms with Gasteiger partial charge in [0.2, 0.25) is 5.88 Å². The number of alkyl halides is 3. The van der Waals surface area contributed by atoms with Gasteiger partial charge in [0, 0.05) is 62.2 Å². The standard InChI is InChI=1S/C21H34F3N5O2S/c1-15-14-30-10-9-28(15)16-11-18(25-19(12-16)31-20(2,3)4)29-8-7-27(32-26(5)6)13-17(29)21(22,23)24/h11-12,15,17H,7-10,13-14H2,1-6H3. The SMILES string of the molecule is CC1COCCN1c1cc(OC(C)(C)C)nc(N2CCN(SN(C)C)CC2C(F)(F)F)c1. The van der Waals surface area contributed by atoms with Crippen LogP contribution in [0.25, 0.3) is 0 Å². The molecule has 2 saturated heterocycles. The van der Waals surface area contributed by atoms with Gasteiger partial charge < -0.3 is 19.3 Å². The van der Waals surface area contributed by atoms with Crippen LogP contribution < -0.4 is 14.5 Å². The molecule has 0 aromatic carbocycles. The third-order valence-electron chi connectivity index (χ3n) is 5.18. The van der Waals surface area contributed by atoms with Gasteiger partial charge in [-0.3, -0.25) is 0 Å². The van der Waals surface area contributed by atoms with E-state index < -0.39 is 17.8 Å². The van der Waals surface area contributed by atoms with Crippen molar-refractivity contribution in [2.45, 2.75) is 51.6 Å². The lowest BCUT2D eigenvalue weighted by Crippen LogP contribution is -2.58. The Morgan fingerprint density at radius 2 is 1.84 bits per heavy atom. The molecule has 3 heterocycles. The third kappa shape index (κ3) is 6.55. The lowest BCUT2D eigenvalue weighted by molar-refractivity contribution is -0.153. The van der Waals surface area contributed by atoms with Crippen molar-refractivity contribution in [2.75, 3.05) is 63.3 Å². The number of morpholine rings is 1. The van der Waals surface area contributed by atoms with E-state index in [2.05, 4.69) is 9.88 Å². The highest BCUT2D eigenvalue weighted by Gasteiger charge is 2.47. The maximum Gasteiger partial charge on any atom is 0.410 e. The molecular formula is C21H34F3N5O2S. The molecule has 11 heteroatoms. The van der Waals surface area contributed by atoms with E-state index in [0.29, 0.717) is 32.2 Å². The van der Waals surface area contributed by atoms with Crippen LogP contribution in [0.15, 0.2) is 12.1 Å². The Labute approximate surface area is 193 Å². The fraction of sp³-hybridized carbons (Fsp3) is 0.762. The topological polar surface area (TPSA) is 44.3 Å². The van der Waals surface area contributed by atoms with Crippen LogP contribution >= 0.6 is 12.1 Å². The molecule has 0 spiro atoms. The van der Waals surface area contributed by atoms with Crippen molar-refractivity contribution in [3.8, 4) is 5.88 Å². The van der Waals surface area contributed by atoms with Gasteiger partial charge in [0.25, 0.3) is 0 Å². The first-order valence-electron chi connectivity index (χ1n) is 10.8. The summed E-state index contributed by atoms with van der Waals surface area (Å²) in [5.74, 6) is 0.618. The number of halogens is 3. The van der Waals surface area contributed by atoms with Gasteiger partial charge in [-0.2, -0.15) is 18.2 Å². The average Bonchev–Trinajstić information content (AvgIpc) is 2.65. The summed E-state index contributed by atoms with van der Waals surface area (Å²) in [7, 11) is 3.65. The van der Waals surface area contributed by atoms with Crippen molar-refractivity contribution >= 4 is 23.6 Å². The van der Waals surface area contributed by atoms with Crippen LogP contribution in [0.2, 0.25) is 0 Å². The molecule has 2 fully saturated rings. The Bertz CT molecular complexity index is 775. The minimum Gasteiger partial charge on any atom is -0.472 e. The maximum absolute atomic E-state index is 14.1. The van der Waals surface area contributed by atoms with Crippen LogP contribution in [0.4, 0.5) is 24.7 Å². The summed E-state index contributed by atoms with van der Waals surface area (Å²) >= 11 is 1.30. The van der Waals surface area contributed by atoms with Gasteiger partial charge in [0.1, 0.15) is 17.5 Å². The van der Waals surface area contributed by atoms with Gasteiger partial charge in [-0.25, -0.2) is 8.61 Å².